The van der Waals surface area contributed by atoms with E-state index >= 15 is 0 Å². The Balaban J connectivity index is 1.98. The molecule has 2 aromatic rings. The third-order valence-corrected chi connectivity index (χ3v) is 4.28. The first-order valence-corrected chi connectivity index (χ1v) is 9.59. The largest absolute Gasteiger partial charge is 0.494 e. The van der Waals surface area contributed by atoms with Crippen molar-refractivity contribution in [2.24, 2.45) is 5.92 Å². The van der Waals surface area contributed by atoms with Crippen molar-refractivity contribution >= 4 is 29.3 Å². The number of hydrazine groups is 1. The van der Waals surface area contributed by atoms with Gasteiger partial charge in [0.15, 0.2) is 0 Å². The predicted molar refractivity (Wildman–Crippen MR) is 111 cm³/mol. The summed E-state index contributed by atoms with van der Waals surface area (Å²) >= 11 is 5.86. The maximum atomic E-state index is 12.5. The highest BCUT2D eigenvalue weighted by molar-refractivity contribution is 6.30. The fraction of sp³-hybridized carbons (Fsp3) is 0.286. The molecule has 0 saturated heterocycles. The first kappa shape index (κ1) is 22.2. The van der Waals surface area contributed by atoms with Crippen LogP contribution in [-0.4, -0.2) is 30.4 Å². The van der Waals surface area contributed by atoms with Crippen molar-refractivity contribution in [3.8, 4) is 5.75 Å². The predicted octanol–water partition coefficient (Wildman–Crippen LogP) is 2.95. The lowest BCUT2D eigenvalue weighted by Crippen LogP contribution is -2.54. The molecule has 1 atom stereocenters. The molecule has 3 N–H and O–H groups in total. The number of hydrogen-bond donors (Lipinski definition) is 3. The van der Waals surface area contributed by atoms with Crippen LogP contribution in [0, 0.1) is 5.92 Å². The van der Waals surface area contributed by atoms with E-state index in [0.717, 1.165) is 0 Å². The van der Waals surface area contributed by atoms with Crippen molar-refractivity contribution in [2.75, 3.05) is 6.61 Å². The summed E-state index contributed by atoms with van der Waals surface area (Å²) in [6.45, 7) is 5.99. The van der Waals surface area contributed by atoms with Gasteiger partial charge in [0.25, 0.3) is 17.7 Å². The zero-order chi connectivity index (χ0) is 21.4. The molecule has 0 spiro atoms. The molecule has 3 amide bonds. The Morgan fingerprint density at radius 2 is 1.66 bits per heavy atom. The number of benzene rings is 2. The lowest BCUT2D eigenvalue weighted by atomic mass is 10.0. The Hall–Kier alpha value is -3.06. The number of carbonyl (C=O) groups is 3. The molecule has 0 heterocycles. The SMILES string of the molecule is CCOc1ccc(C(=O)N[C@H](C(=O)NNC(=O)c2cccc(Cl)c2)C(C)C)cc1. The molecule has 154 valence electrons. The molecule has 0 aliphatic heterocycles. The first-order chi connectivity index (χ1) is 13.8. The van der Waals surface area contributed by atoms with E-state index in [1.165, 1.54) is 6.07 Å². The van der Waals surface area contributed by atoms with E-state index in [9.17, 15) is 14.4 Å². The van der Waals surface area contributed by atoms with Crippen molar-refractivity contribution in [3.63, 3.8) is 0 Å². The van der Waals surface area contributed by atoms with Crippen LogP contribution in [0.2, 0.25) is 5.02 Å². The molecule has 29 heavy (non-hydrogen) atoms. The summed E-state index contributed by atoms with van der Waals surface area (Å²) in [5, 5.41) is 3.10. The summed E-state index contributed by atoms with van der Waals surface area (Å²) in [6.07, 6.45) is 0. The fourth-order valence-electron chi connectivity index (χ4n) is 2.53. The number of ether oxygens (including phenoxy) is 1. The van der Waals surface area contributed by atoms with Gasteiger partial charge in [0.2, 0.25) is 0 Å². The minimum Gasteiger partial charge on any atom is -0.494 e. The van der Waals surface area contributed by atoms with Crippen molar-refractivity contribution in [2.45, 2.75) is 26.8 Å². The molecule has 0 unspecified atom stereocenters. The highest BCUT2D eigenvalue weighted by atomic mass is 35.5. The Labute approximate surface area is 174 Å². The lowest BCUT2D eigenvalue weighted by molar-refractivity contribution is -0.124. The van der Waals surface area contributed by atoms with Crippen LogP contribution in [0.15, 0.2) is 48.5 Å². The summed E-state index contributed by atoms with van der Waals surface area (Å²) in [5.74, 6) is -0.991. The van der Waals surface area contributed by atoms with Crippen LogP contribution in [0.1, 0.15) is 41.5 Å². The quantitative estimate of drug-likeness (QED) is 0.603. The van der Waals surface area contributed by atoms with Crippen molar-refractivity contribution in [1.29, 1.82) is 0 Å². The zero-order valence-electron chi connectivity index (χ0n) is 16.5. The van der Waals surface area contributed by atoms with Crippen molar-refractivity contribution in [1.82, 2.24) is 16.2 Å². The average molecular weight is 418 g/mol. The van der Waals surface area contributed by atoms with E-state index in [-0.39, 0.29) is 5.92 Å². The summed E-state index contributed by atoms with van der Waals surface area (Å²) < 4.78 is 5.35. The highest BCUT2D eigenvalue weighted by Crippen LogP contribution is 2.13. The Morgan fingerprint density at radius 1 is 0.966 bits per heavy atom. The number of amides is 3. The second-order valence-corrected chi connectivity index (χ2v) is 7.04. The van der Waals surface area contributed by atoms with Gasteiger partial charge in [0.1, 0.15) is 11.8 Å². The summed E-state index contributed by atoms with van der Waals surface area (Å²) in [5.41, 5.74) is 5.38. The van der Waals surface area contributed by atoms with E-state index in [1.807, 2.05) is 6.92 Å². The van der Waals surface area contributed by atoms with Gasteiger partial charge in [0, 0.05) is 16.1 Å². The van der Waals surface area contributed by atoms with E-state index in [4.69, 9.17) is 16.3 Å². The number of hydrogen-bond acceptors (Lipinski definition) is 4. The topological polar surface area (TPSA) is 96.5 Å². The van der Waals surface area contributed by atoms with Crippen LogP contribution in [0.3, 0.4) is 0 Å². The fourth-order valence-corrected chi connectivity index (χ4v) is 2.72. The smallest absolute Gasteiger partial charge is 0.269 e. The van der Waals surface area contributed by atoms with Gasteiger partial charge in [-0.05, 0) is 55.3 Å². The van der Waals surface area contributed by atoms with E-state index in [2.05, 4.69) is 16.2 Å². The Bertz CT molecular complexity index is 868. The van der Waals surface area contributed by atoms with Gasteiger partial charge in [-0.25, -0.2) is 0 Å². The van der Waals surface area contributed by atoms with E-state index in [1.54, 1.807) is 56.3 Å². The molecular weight excluding hydrogens is 394 g/mol. The maximum absolute atomic E-state index is 12.5. The second kappa shape index (κ2) is 10.5. The molecule has 8 heteroatoms. The van der Waals surface area contributed by atoms with Crippen LogP contribution < -0.4 is 20.9 Å². The minimum absolute atomic E-state index is 0.204. The van der Waals surface area contributed by atoms with Crippen LogP contribution in [-0.2, 0) is 4.79 Å². The lowest BCUT2D eigenvalue weighted by Gasteiger charge is -2.22. The van der Waals surface area contributed by atoms with Gasteiger partial charge in [-0.2, -0.15) is 0 Å². The van der Waals surface area contributed by atoms with Crippen molar-refractivity contribution < 1.29 is 19.1 Å². The normalized spacial score (nSPS) is 11.5. The number of carbonyl (C=O) groups excluding carboxylic acids is 3. The van der Waals surface area contributed by atoms with E-state index < -0.39 is 23.8 Å². The third kappa shape index (κ3) is 6.50. The monoisotopic (exact) mass is 417 g/mol. The molecule has 0 bridgehead atoms. The maximum Gasteiger partial charge on any atom is 0.269 e. The van der Waals surface area contributed by atoms with Crippen molar-refractivity contribution in [3.05, 3.63) is 64.7 Å². The molecule has 0 fully saturated rings. The van der Waals surface area contributed by atoms with Gasteiger partial charge in [-0.3, -0.25) is 25.2 Å². The van der Waals surface area contributed by atoms with Gasteiger partial charge in [-0.15, -0.1) is 0 Å². The third-order valence-electron chi connectivity index (χ3n) is 4.05. The number of nitrogens with one attached hydrogen (secondary N) is 3. The summed E-state index contributed by atoms with van der Waals surface area (Å²) in [4.78, 5) is 37.1. The molecule has 0 radical (unpaired) electrons. The van der Waals surface area contributed by atoms with Gasteiger partial charge >= 0.3 is 0 Å². The Morgan fingerprint density at radius 3 is 2.24 bits per heavy atom. The molecule has 0 aromatic heterocycles. The minimum atomic E-state index is -0.839. The molecule has 2 aromatic carbocycles. The molecule has 0 aliphatic rings. The molecule has 0 aliphatic carbocycles. The van der Waals surface area contributed by atoms with Gasteiger partial charge < -0.3 is 10.1 Å². The molecule has 0 saturated carbocycles. The number of rotatable bonds is 7. The zero-order valence-corrected chi connectivity index (χ0v) is 17.2. The first-order valence-electron chi connectivity index (χ1n) is 9.21. The molecule has 2 rings (SSSR count). The molecular formula is C21H24ClN3O4. The van der Waals surface area contributed by atoms with Crippen LogP contribution in [0.4, 0.5) is 0 Å². The second-order valence-electron chi connectivity index (χ2n) is 6.61. The standard InChI is InChI=1S/C21H24ClN3O4/c1-4-29-17-10-8-14(9-11-17)19(26)23-18(13(2)3)21(28)25-24-20(27)15-6-5-7-16(22)12-15/h5-13,18H,4H2,1-3H3,(H,23,26)(H,24,27)(H,25,28)/t18-/m0/s1. The van der Waals surface area contributed by atoms with Gasteiger partial charge in [-0.1, -0.05) is 31.5 Å². The van der Waals surface area contributed by atoms with Crippen LogP contribution in [0.25, 0.3) is 0 Å². The van der Waals surface area contributed by atoms with Crippen LogP contribution >= 0.6 is 11.6 Å². The Kier molecular flexibility index (Phi) is 8.03. The number of halogens is 1. The van der Waals surface area contributed by atoms with E-state index in [0.29, 0.717) is 28.5 Å². The van der Waals surface area contributed by atoms with Crippen LogP contribution in [0.5, 0.6) is 5.75 Å². The van der Waals surface area contributed by atoms with Gasteiger partial charge in [0.05, 0.1) is 6.61 Å². The summed E-state index contributed by atoms with van der Waals surface area (Å²) in [7, 11) is 0. The highest BCUT2D eigenvalue weighted by Gasteiger charge is 2.25. The molecule has 7 nitrogen and oxygen atoms in total. The summed E-state index contributed by atoms with van der Waals surface area (Å²) in [6, 6.07) is 12.1. The average Bonchev–Trinajstić information content (AvgIpc) is 2.70.